The first-order valence-electron chi connectivity index (χ1n) is 6.28. The van der Waals surface area contributed by atoms with Gasteiger partial charge in [-0.3, -0.25) is 0 Å². The number of thioether (sulfide) groups is 1. The van der Waals surface area contributed by atoms with Crippen molar-refractivity contribution in [2.75, 3.05) is 24.7 Å². The van der Waals surface area contributed by atoms with Gasteiger partial charge in [0, 0.05) is 23.8 Å². The Morgan fingerprint density at radius 2 is 1.95 bits per heavy atom. The largest absolute Gasteiger partial charge is 0.394 e. The van der Waals surface area contributed by atoms with E-state index in [-0.39, 0.29) is 12.0 Å². The lowest BCUT2D eigenvalue weighted by Gasteiger charge is -2.20. The minimum Gasteiger partial charge on any atom is -0.394 e. The smallest absolute Gasteiger partial charge is 0.137 e. The Hall–Kier alpha value is -0.850. The van der Waals surface area contributed by atoms with E-state index in [1.165, 1.54) is 11.8 Å². The molecule has 5 nitrogen and oxygen atoms in total. The molecule has 0 aliphatic rings. The van der Waals surface area contributed by atoms with E-state index in [2.05, 4.69) is 36.1 Å². The molecular formula is C13H23N3O2S. The molecule has 1 rings (SSSR count). The predicted molar refractivity (Wildman–Crippen MR) is 78.8 cm³/mol. The molecule has 0 aliphatic carbocycles. The number of rotatable bonds is 5. The number of anilines is 1. The third-order valence-electron chi connectivity index (χ3n) is 2.63. The van der Waals surface area contributed by atoms with Crippen LogP contribution in [0, 0.1) is 6.92 Å². The second-order valence-corrected chi connectivity index (χ2v) is 6.48. The van der Waals surface area contributed by atoms with E-state index in [0.29, 0.717) is 5.75 Å². The molecule has 0 amide bonds. The van der Waals surface area contributed by atoms with Crippen LogP contribution >= 0.6 is 11.8 Å². The first-order valence-corrected chi connectivity index (χ1v) is 7.26. The van der Waals surface area contributed by atoms with Crippen LogP contribution in [0.5, 0.6) is 0 Å². The van der Waals surface area contributed by atoms with E-state index >= 15 is 0 Å². The molecule has 0 spiro atoms. The summed E-state index contributed by atoms with van der Waals surface area (Å²) in [6.45, 7) is 7.91. The molecule has 108 valence electrons. The van der Waals surface area contributed by atoms with Gasteiger partial charge >= 0.3 is 0 Å². The van der Waals surface area contributed by atoms with Gasteiger partial charge in [0.25, 0.3) is 0 Å². The predicted octanol–water partition coefficient (Wildman–Crippen LogP) is 1.57. The van der Waals surface area contributed by atoms with Gasteiger partial charge in [-0.1, -0.05) is 20.8 Å². The lowest BCUT2D eigenvalue weighted by Crippen LogP contribution is -2.19. The van der Waals surface area contributed by atoms with Crippen molar-refractivity contribution in [3.63, 3.8) is 0 Å². The van der Waals surface area contributed by atoms with Gasteiger partial charge in [-0.05, 0) is 6.92 Å². The lowest BCUT2D eigenvalue weighted by atomic mass is 9.95. The van der Waals surface area contributed by atoms with Gasteiger partial charge < -0.3 is 15.5 Å². The molecule has 0 radical (unpaired) electrons. The molecule has 1 aromatic rings. The van der Waals surface area contributed by atoms with Gasteiger partial charge in [0.15, 0.2) is 0 Å². The van der Waals surface area contributed by atoms with E-state index in [1.807, 2.05) is 14.0 Å². The van der Waals surface area contributed by atoms with E-state index in [0.717, 1.165) is 22.2 Å². The molecule has 0 fully saturated rings. The van der Waals surface area contributed by atoms with Gasteiger partial charge in [-0.2, -0.15) is 0 Å². The highest BCUT2D eigenvalue weighted by molar-refractivity contribution is 7.99. The maximum absolute atomic E-state index is 9.44. The molecule has 0 saturated heterocycles. The fourth-order valence-corrected chi connectivity index (χ4v) is 2.36. The quantitative estimate of drug-likeness (QED) is 0.563. The molecule has 0 bridgehead atoms. The molecule has 6 heteroatoms. The highest BCUT2D eigenvalue weighted by atomic mass is 32.2. The summed E-state index contributed by atoms with van der Waals surface area (Å²) in [6.07, 6.45) is -0.726. The first-order chi connectivity index (χ1) is 8.79. The Balaban J connectivity index is 3.08. The number of nitrogens with one attached hydrogen (secondary N) is 1. The monoisotopic (exact) mass is 285 g/mol. The van der Waals surface area contributed by atoms with Crippen molar-refractivity contribution < 1.29 is 10.2 Å². The minimum absolute atomic E-state index is 0.135. The van der Waals surface area contributed by atoms with E-state index in [1.54, 1.807) is 0 Å². The van der Waals surface area contributed by atoms with Crippen molar-refractivity contribution in [2.24, 2.45) is 0 Å². The zero-order valence-corrected chi connectivity index (χ0v) is 13.0. The second-order valence-electron chi connectivity index (χ2n) is 5.47. The van der Waals surface area contributed by atoms with Crippen LogP contribution in [-0.4, -0.2) is 45.7 Å². The number of aromatic nitrogens is 2. The summed E-state index contributed by atoms with van der Waals surface area (Å²) in [5.41, 5.74) is 0.829. The topological polar surface area (TPSA) is 78.3 Å². The Morgan fingerprint density at radius 1 is 1.32 bits per heavy atom. The minimum atomic E-state index is -0.726. The number of aliphatic hydroxyl groups excluding tert-OH is 2. The van der Waals surface area contributed by atoms with Crippen LogP contribution in [0.4, 0.5) is 5.82 Å². The van der Waals surface area contributed by atoms with Gasteiger partial charge in [0.1, 0.15) is 16.7 Å². The Morgan fingerprint density at radius 3 is 2.42 bits per heavy atom. The van der Waals surface area contributed by atoms with Crippen LogP contribution < -0.4 is 5.32 Å². The van der Waals surface area contributed by atoms with Gasteiger partial charge in [0.05, 0.1) is 12.7 Å². The van der Waals surface area contributed by atoms with E-state index in [9.17, 15) is 5.11 Å². The third-order valence-corrected chi connectivity index (χ3v) is 3.85. The average Bonchev–Trinajstić information content (AvgIpc) is 2.35. The highest BCUT2D eigenvalue weighted by Gasteiger charge is 2.21. The third kappa shape index (κ3) is 4.33. The van der Waals surface area contributed by atoms with E-state index < -0.39 is 6.10 Å². The zero-order valence-electron chi connectivity index (χ0n) is 12.2. The molecule has 3 N–H and O–H groups in total. The summed E-state index contributed by atoms with van der Waals surface area (Å²) in [7, 11) is 1.83. The molecule has 1 heterocycles. The van der Waals surface area contributed by atoms with Gasteiger partial charge in [-0.25, -0.2) is 9.97 Å². The van der Waals surface area contributed by atoms with Crippen molar-refractivity contribution >= 4 is 17.6 Å². The maximum Gasteiger partial charge on any atom is 0.137 e. The van der Waals surface area contributed by atoms with Crippen LogP contribution in [0.15, 0.2) is 5.03 Å². The lowest BCUT2D eigenvalue weighted by molar-refractivity contribution is 0.113. The van der Waals surface area contributed by atoms with Crippen molar-refractivity contribution in [2.45, 2.75) is 44.2 Å². The number of nitrogens with zero attached hydrogens (tertiary/aromatic N) is 2. The number of aliphatic hydroxyl groups is 2. The Bertz CT molecular complexity index is 433. The normalized spacial score (nSPS) is 13.4. The van der Waals surface area contributed by atoms with Gasteiger partial charge in [-0.15, -0.1) is 11.8 Å². The average molecular weight is 285 g/mol. The zero-order chi connectivity index (χ0) is 14.6. The van der Waals surface area contributed by atoms with Crippen LogP contribution in [0.25, 0.3) is 0 Å². The summed E-state index contributed by atoms with van der Waals surface area (Å²) in [5.74, 6) is 1.99. The fraction of sp³-hybridized carbons (Fsp3) is 0.692. The van der Waals surface area contributed by atoms with Crippen molar-refractivity contribution in [1.29, 1.82) is 0 Å². The standard InChI is InChI=1S/C13H23N3O2S/c1-8-10(14-5)15-12(13(2,3)4)16-11(8)19-7-9(18)6-17/h9,17-18H,6-7H2,1-5H3,(H,14,15,16). The van der Waals surface area contributed by atoms with Gasteiger partial charge in [0.2, 0.25) is 0 Å². The molecule has 1 unspecified atom stereocenters. The fourth-order valence-electron chi connectivity index (χ4n) is 1.44. The highest BCUT2D eigenvalue weighted by Crippen LogP contribution is 2.29. The molecule has 1 atom stereocenters. The van der Waals surface area contributed by atoms with E-state index in [4.69, 9.17) is 5.11 Å². The van der Waals surface area contributed by atoms with Crippen LogP contribution in [0.1, 0.15) is 32.2 Å². The molecule has 1 aromatic heterocycles. The molecule has 0 saturated carbocycles. The SMILES string of the molecule is CNc1nc(C(C)(C)C)nc(SCC(O)CO)c1C. The number of hydrogen-bond acceptors (Lipinski definition) is 6. The summed E-state index contributed by atoms with van der Waals surface area (Å²) in [4.78, 5) is 9.10. The van der Waals surface area contributed by atoms with Crippen molar-refractivity contribution in [3.05, 3.63) is 11.4 Å². The van der Waals surface area contributed by atoms with Crippen LogP contribution in [0.3, 0.4) is 0 Å². The molecule has 0 aliphatic heterocycles. The summed E-state index contributed by atoms with van der Waals surface area (Å²) < 4.78 is 0. The summed E-state index contributed by atoms with van der Waals surface area (Å²) in [6, 6.07) is 0. The van der Waals surface area contributed by atoms with Crippen molar-refractivity contribution in [1.82, 2.24) is 9.97 Å². The Labute approximate surface area is 118 Å². The number of hydrogen-bond donors (Lipinski definition) is 3. The summed E-state index contributed by atoms with van der Waals surface area (Å²) in [5, 5.41) is 22.2. The Kier molecular flexibility index (Phi) is 5.58. The maximum atomic E-state index is 9.44. The van der Waals surface area contributed by atoms with Crippen LogP contribution in [0.2, 0.25) is 0 Å². The molecule has 19 heavy (non-hydrogen) atoms. The molecule has 0 aromatic carbocycles. The van der Waals surface area contributed by atoms with Crippen LogP contribution in [-0.2, 0) is 5.41 Å². The molecular weight excluding hydrogens is 262 g/mol. The first kappa shape index (κ1) is 16.2. The summed E-state index contributed by atoms with van der Waals surface area (Å²) >= 11 is 1.44. The second kappa shape index (κ2) is 6.54. The van der Waals surface area contributed by atoms with Crippen molar-refractivity contribution in [3.8, 4) is 0 Å².